The van der Waals surface area contributed by atoms with Gasteiger partial charge in [0.25, 0.3) is 0 Å². The van der Waals surface area contributed by atoms with Gasteiger partial charge in [0.2, 0.25) is 0 Å². The lowest BCUT2D eigenvalue weighted by Gasteiger charge is -2.18. The van der Waals surface area contributed by atoms with Crippen LogP contribution in [0.1, 0.15) is 21.2 Å². The first-order valence-corrected chi connectivity index (χ1v) is 6.70. The van der Waals surface area contributed by atoms with Crippen LogP contribution in [0.4, 0.5) is 0 Å². The van der Waals surface area contributed by atoms with Crippen molar-refractivity contribution in [3.8, 4) is 0 Å². The predicted molar refractivity (Wildman–Crippen MR) is 70.8 cm³/mol. The number of carboxylic acids is 2. The number of carbonyl (C=O) groups excluding carboxylic acids is 2. The average molecular weight is 286 g/mol. The first kappa shape index (κ1) is 14.1. The van der Waals surface area contributed by atoms with Crippen molar-refractivity contribution in [1.29, 1.82) is 0 Å². The van der Waals surface area contributed by atoms with Crippen molar-refractivity contribution in [3.63, 3.8) is 0 Å². The van der Waals surface area contributed by atoms with Gasteiger partial charge in [-0.25, -0.2) is 0 Å². The van der Waals surface area contributed by atoms with E-state index in [1.807, 2.05) is 0 Å². The summed E-state index contributed by atoms with van der Waals surface area (Å²) in [6.07, 6.45) is 0. The Balaban J connectivity index is 2.21. The van der Waals surface area contributed by atoms with Gasteiger partial charge in [-0.05, 0) is 23.3 Å². The van der Waals surface area contributed by atoms with Crippen molar-refractivity contribution in [3.05, 3.63) is 65.7 Å². The number of benzene rings is 2. The molecule has 0 aliphatic rings. The summed E-state index contributed by atoms with van der Waals surface area (Å²) in [6.45, 7) is 0. The first-order valence-electron chi connectivity index (χ1n) is 5.82. The molecule has 0 spiro atoms. The summed E-state index contributed by atoms with van der Waals surface area (Å²) in [6, 6.07) is 14.6. The van der Waals surface area contributed by atoms with Gasteiger partial charge < -0.3 is 19.8 Å². The third-order valence-electron chi connectivity index (χ3n) is 2.66. The Morgan fingerprint density at radius 3 is 2.00 bits per heavy atom. The molecule has 102 valence electrons. The molecule has 2 rings (SSSR count). The van der Waals surface area contributed by atoms with Crippen LogP contribution in [0, 0.1) is 0 Å². The Kier molecular flexibility index (Phi) is 4.42. The lowest BCUT2D eigenvalue weighted by Crippen LogP contribution is -2.28. The maximum atomic E-state index is 11.2. The normalized spacial score (nSPS) is 11.8. The molecule has 0 amide bonds. The topological polar surface area (TPSA) is 80.3 Å². The summed E-state index contributed by atoms with van der Waals surface area (Å²) < 4.78 is 0. The van der Waals surface area contributed by atoms with Crippen molar-refractivity contribution in [2.75, 3.05) is 0 Å². The molecule has 5 heteroatoms. The van der Waals surface area contributed by atoms with E-state index in [1.54, 1.807) is 42.5 Å². The molecule has 0 fully saturated rings. The van der Waals surface area contributed by atoms with E-state index in [2.05, 4.69) is 0 Å². The lowest BCUT2D eigenvalue weighted by molar-refractivity contribution is -0.305. The van der Waals surface area contributed by atoms with Crippen LogP contribution in [-0.2, 0) is 4.79 Å². The van der Waals surface area contributed by atoms with E-state index in [9.17, 15) is 19.8 Å². The summed E-state index contributed by atoms with van der Waals surface area (Å²) >= 11 is 1.09. The SMILES string of the molecule is O=C([O-])c1ccc(S[C@H](C(=O)[O-])c2ccccc2)cc1. The molecule has 4 nitrogen and oxygen atoms in total. The Morgan fingerprint density at radius 2 is 1.50 bits per heavy atom. The fraction of sp³-hybridized carbons (Fsp3) is 0.0667. The maximum Gasteiger partial charge on any atom is 0.0739 e. The summed E-state index contributed by atoms with van der Waals surface area (Å²) in [7, 11) is 0. The molecule has 0 saturated heterocycles. The second kappa shape index (κ2) is 6.25. The van der Waals surface area contributed by atoms with Gasteiger partial charge in [0.05, 0.1) is 17.2 Å². The molecule has 0 bridgehead atoms. The van der Waals surface area contributed by atoms with Crippen molar-refractivity contribution in [1.82, 2.24) is 0 Å². The molecule has 0 unspecified atom stereocenters. The first-order chi connectivity index (χ1) is 9.58. The van der Waals surface area contributed by atoms with Crippen LogP contribution >= 0.6 is 11.8 Å². The Bertz CT molecular complexity index is 608. The smallest absolute Gasteiger partial charge is 0.0739 e. The van der Waals surface area contributed by atoms with E-state index >= 15 is 0 Å². The van der Waals surface area contributed by atoms with E-state index in [0.717, 1.165) is 11.8 Å². The molecule has 0 heterocycles. The highest BCUT2D eigenvalue weighted by atomic mass is 32.2. The number of aromatic carboxylic acids is 1. The highest BCUT2D eigenvalue weighted by Crippen LogP contribution is 2.34. The zero-order chi connectivity index (χ0) is 14.5. The van der Waals surface area contributed by atoms with Crippen LogP contribution in [0.5, 0.6) is 0 Å². The van der Waals surface area contributed by atoms with E-state index in [1.165, 1.54) is 12.1 Å². The Hall–Kier alpha value is -2.27. The van der Waals surface area contributed by atoms with Gasteiger partial charge in [0, 0.05) is 4.90 Å². The highest BCUT2D eigenvalue weighted by molar-refractivity contribution is 8.00. The number of thioether (sulfide) groups is 1. The fourth-order valence-corrected chi connectivity index (χ4v) is 2.64. The monoisotopic (exact) mass is 286 g/mol. The number of carbonyl (C=O) groups is 2. The largest absolute Gasteiger partial charge is 0.549 e. The second-order valence-corrected chi connectivity index (χ2v) is 5.22. The third-order valence-corrected chi connectivity index (χ3v) is 3.90. The molecule has 0 saturated carbocycles. The third kappa shape index (κ3) is 3.39. The number of rotatable bonds is 5. The molecule has 0 N–H and O–H groups in total. The number of hydrogen-bond donors (Lipinski definition) is 0. The zero-order valence-electron chi connectivity index (χ0n) is 10.3. The van der Waals surface area contributed by atoms with E-state index in [4.69, 9.17) is 0 Å². The minimum Gasteiger partial charge on any atom is -0.549 e. The molecule has 1 atom stereocenters. The van der Waals surface area contributed by atoms with Crippen molar-refractivity contribution >= 4 is 23.7 Å². The number of carboxylic acid groups (broad SMARTS) is 2. The van der Waals surface area contributed by atoms with Crippen LogP contribution in [0.25, 0.3) is 0 Å². The van der Waals surface area contributed by atoms with E-state index in [-0.39, 0.29) is 5.56 Å². The van der Waals surface area contributed by atoms with Gasteiger partial charge in [-0.15, -0.1) is 11.8 Å². The molecule has 0 aliphatic heterocycles. The zero-order valence-corrected chi connectivity index (χ0v) is 11.1. The van der Waals surface area contributed by atoms with Crippen molar-refractivity contribution in [2.24, 2.45) is 0 Å². The maximum absolute atomic E-state index is 11.2. The Labute approximate surface area is 120 Å². The summed E-state index contributed by atoms with van der Waals surface area (Å²) in [5, 5.41) is 21.0. The second-order valence-electron chi connectivity index (χ2n) is 4.04. The predicted octanol–water partition coefficient (Wildman–Crippen LogP) is 0.633. The minimum absolute atomic E-state index is 0.0547. The molecule has 0 aliphatic carbocycles. The molecule has 0 aromatic heterocycles. The lowest BCUT2D eigenvalue weighted by atomic mass is 10.1. The molecule has 2 aromatic rings. The summed E-state index contributed by atoms with van der Waals surface area (Å²) in [5.41, 5.74) is 0.681. The van der Waals surface area contributed by atoms with Crippen molar-refractivity contribution < 1.29 is 19.8 Å². The van der Waals surface area contributed by atoms with E-state index < -0.39 is 17.2 Å². The van der Waals surface area contributed by atoms with Crippen LogP contribution in [0.15, 0.2) is 59.5 Å². The molecular weight excluding hydrogens is 276 g/mol. The summed E-state index contributed by atoms with van der Waals surface area (Å²) in [5.74, 6) is -2.45. The quantitative estimate of drug-likeness (QED) is 0.753. The highest BCUT2D eigenvalue weighted by Gasteiger charge is 2.14. The van der Waals surface area contributed by atoms with Crippen LogP contribution in [-0.4, -0.2) is 11.9 Å². The molecular formula is C15H10O4S-2. The van der Waals surface area contributed by atoms with Gasteiger partial charge >= 0.3 is 0 Å². The minimum atomic E-state index is -1.26. The van der Waals surface area contributed by atoms with Crippen LogP contribution < -0.4 is 10.2 Å². The van der Waals surface area contributed by atoms with E-state index in [0.29, 0.717) is 10.5 Å². The summed E-state index contributed by atoms with van der Waals surface area (Å²) in [4.78, 5) is 22.5. The van der Waals surface area contributed by atoms with Crippen LogP contribution in [0.2, 0.25) is 0 Å². The van der Waals surface area contributed by atoms with Crippen molar-refractivity contribution in [2.45, 2.75) is 10.1 Å². The van der Waals surface area contributed by atoms with Gasteiger partial charge in [-0.1, -0.05) is 42.5 Å². The van der Waals surface area contributed by atoms with Crippen LogP contribution in [0.3, 0.4) is 0 Å². The standard InChI is InChI=1S/C15H12O4S/c16-14(17)11-6-8-12(9-7-11)20-13(15(18)19)10-4-2-1-3-5-10/h1-9,13H,(H,16,17)(H,18,19)/p-2/t13-/m0/s1. The molecule has 20 heavy (non-hydrogen) atoms. The Morgan fingerprint density at radius 1 is 0.900 bits per heavy atom. The molecule has 2 aromatic carbocycles. The van der Waals surface area contributed by atoms with Gasteiger partial charge in [-0.2, -0.15) is 0 Å². The average Bonchev–Trinajstić information content (AvgIpc) is 2.46. The van der Waals surface area contributed by atoms with Gasteiger partial charge in [-0.3, -0.25) is 0 Å². The number of hydrogen-bond acceptors (Lipinski definition) is 5. The molecule has 0 radical (unpaired) electrons. The number of aliphatic carboxylic acids is 1. The fourth-order valence-electron chi connectivity index (χ4n) is 1.69. The van der Waals surface area contributed by atoms with Gasteiger partial charge in [0.15, 0.2) is 0 Å². The van der Waals surface area contributed by atoms with Gasteiger partial charge in [0.1, 0.15) is 0 Å².